The van der Waals surface area contributed by atoms with Gasteiger partial charge in [-0.2, -0.15) is 0 Å². The Bertz CT molecular complexity index is 1520. The Hall–Kier alpha value is -3.55. The molecule has 8 atom stereocenters. The molecule has 0 bridgehead atoms. The van der Waals surface area contributed by atoms with E-state index < -0.39 is 18.2 Å². The Morgan fingerprint density at radius 2 is 1.84 bits per heavy atom. The van der Waals surface area contributed by atoms with Gasteiger partial charge in [0.15, 0.2) is 0 Å². The van der Waals surface area contributed by atoms with Crippen molar-refractivity contribution >= 4 is 17.5 Å². The monoisotopic (exact) mass is 593 g/mol. The van der Waals surface area contributed by atoms with Gasteiger partial charge >= 0.3 is 0 Å². The number of pyridine rings is 1. The molecule has 3 fully saturated rings. The van der Waals surface area contributed by atoms with E-state index in [4.69, 9.17) is 4.74 Å². The Morgan fingerprint density at radius 1 is 1.05 bits per heavy atom. The molecule has 44 heavy (non-hydrogen) atoms. The molecular weight excluding hydrogens is 550 g/mol. The van der Waals surface area contributed by atoms with E-state index in [1.165, 1.54) is 0 Å². The van der Waals surface area contributed by atoms with Gasteiger partial charge in [0.25, 0.3) is 0 Å². The molecule has 2 saturated carbocycles. The van der Waals surface area contributed by atoms with Gasteiger partial charge in [0.2, 0.25) is 11.8 Å². The summed E-state index contributed by atoms with van der Waals surface area (Å²) in [4.78, 5) is 35.7. The third-order valence-corrected chi connectivity index (χ3v) is 10.7. The van der Waals surface area contributed by atoms with E-state index in [0.717, 1.165) is 49.0 Å². The number of ether oxygens (including phenoxy) is 1. The maximum atomic E-state index is 15.0. The first-order valence-corrected chi connectivity index (χ1v) is 16.2. The first-order chi connectivity index (χ1) is 21.2. The highest BCUT2D eigenvalue weighted by Gasteiger charge is 2.55. The van der Waals surface area contributed by atoms with Crippen LogP contribution < -0.4 is 10.2 Å². The highest BCUT2D eigenvalue weighted by atomic mass is 16.5. The molecule has 1 saturated heterocycles. The van der Waals surface area contributed by atoms with Gasteiger partial charge < -0.3 is 15.2 Å². The number of rotatable bonds is 6. The second-order valence-corrected chi connectivity index (χ2v) is 14.3. The van der Waals surface area contributed by atoms with Gasteiger partial charge in [0.05, 0.1) is 24.9 Å². The van der Waals surface area contributed by atoms with Crippen LogP contribution in [0.1, 0.15) is 80.8 Å². The fourth-order valence-electron chi connectivity index (χ4n) is 8.54. The summed E-state index contributed by atoms with van der Waals surface area (Å²) in [6.07, 6.45) is 7.29. The first-order valence-electron chi connectivity index (χ1n) is 16.2. The number of anilines is 1. The number of benzene rings is 2. The maximum Gasteiger partial charge on any atom is 0.248 e. The minimum absolute atomic E-state index is 0.00932. The van der Waals surface area contributed by atoms with Crippen molar-refractivity contribution in [1.82, 2.24) is 10.3 Å². The molecule has 3 aliphatic carbocycles. The molecule has 1 aliphatic heterocycles. The third kappa shape index (κ3) is 5.14. The van der Waals surface area contributed by atoms with E-state index >= 15 is 4.79 Å². The number of amides is 2. The van der Waals surface area contributed by atoms with Gasteiger partial charge in [0.1, 0.15) is 6.04 Å². The van der Waals surface area contributed by atoms with Crippen LogP contribution in [0.15, 0.2) is 73.1 Å². The Morgan fingerprint density at radius 3 is 2.59 bits per heavy atom. The van der Waals surface area contributed by atoms with Crippen LogP contribution in [0.25, 0.3) is 0 Å². The minimum atomic E-state index is -0.951. The summed E-state index contributed by atoms with van der Waals surface area (Å²) in [5.74, 6) is 0.550. The average Bonchev–Trinajstić information content (AvgIpc) is 3.71. The van der Waals surface area contributed by atoms with Crippen molar-refractivity contribution in [2.45, 2.75) is 82.6 Å². The molecule has 4 aliphatic rings. The van der Waals surface area contributed by atoms with Gasteiger partial charge in [-0.3, -0.25) is 19.5 Å². The quantitative estimate of drug-likeness (QED) is 0.384. The molecule has 3 aromatic rings. The zero-order valence-corrected chi connectivity index (χ0v) is 25.9. The lowest BCUT2D eigenvalue weighted by atomic mass is 9.75. The molecule has 7 nitrogen and oxygen atoms in total. The molecular formula is C37H43N3O4. The molecule has 2 heterocycles. The fraction of sp³-hybridized carbons (Fsp3) is 0.486. The largest absolute Gasteiger partial charge is 0.390 e. The molecule has 0 spiro atoms. The molecule has 2 N–H and O–H groups in total. The second-order valence-electron chi connectivity index (χ2n) is 14.3. The minimum Gasteiger partial charge on any atom is -0.390 e. The molecule has 1 aromatic heterocycles. The van der Waals surface area contributed by atoms with E-state index in [-0.39, 0.29) is 35.2 Å². The van der Waals surface area contributed by atoms with Crippen molar-refractivity contribution in [2.24, 2.45) is 23.7 Å². The van der Waals surface area contributed by atoms with E-state index in [2.05, 4.69) is 43.2 Å². The number of hydrogen-bond acceptors (Lipinski definition) is 5. The van der Waals surface area contributed by atoms with Crippen molar-refractivity contribution in [3.8, 4) is 0 Å². The summed E-state index contributed by atoms with van der Waals surface area (Å²) in [6, 6.07) is 18.1. The van der Waals surface area contributed by atoms with Crippen molar-refractivity contribution < 1.29 is 19.4 Å². The van der Waals surface area contributed by atoms with Gasteiger partial charge in [-0.15, -0.1) is 0 Å². The lowest BCUT2D eigenvalue weighted by Crippen LogP contribution is -2.49. The number of carbonyl (C=O) groups excluding carboxylic acids is 2. The first kappa shape index (κ1) is 29.2. The number of hydrogen-bond donors (Lipinski definition) is 2. The number of aliphatic hydroxyl groups excluding tert-OH is 1. The van der Waals surface area contributed by atoms with Crippen LogP contribution in [0.3, 0.4) is 0 Å². The molecule has 2 unspecified atom stereocenters. The van der Waals surface area contributed by atoms with Gasteiger partial charge in [-0.1, -0.05) is 69.7 Å². The van der Waals surface area contributed by atoms with Crippen molar-refractivity contribution in [3.63, 3.8) is 0 Å². The van der Waals surface area contributed by atoms with E-state index in [1.54, 1.807) is 17.3 Å². The van der Waals surface area contributed by atoms with Crippen LogP contribution in [0, 0.1) is 23.7 Å². The zero-order valence-electron chi connectivity index (χ0n) is 25.9. The lowest BCUT2D eigenvalue weighted by Gasteiger charge is -2.38. The summed E-state index contributed by atoms with van der Waals surface area (Å²) >= 11 is 0. The summed E-state index contributed by atoms with van der Waals surface area (Å²) in [5, 5.41) is 14.2. The summed E-state index contributed by atoms with van der Waals surface area (Å²) in [6.45, 7) is 7.22. The van der Waals surface area contributed by atoms with Crippen LogP contribution in [-0.2, 0) is 26.2 Å². The summed E-state index contributed by atoms with van der Waals surface area (Å²) in [5.41, 5.74) is 4.38. The smallest absolute Gasteiger partial charge is 0.248 e. The standard InChI is InChI=1S/C37H43N3O4/c1-37(2,3)25-13-15-26(16-14-25)40(36(43)29-18-24-21-44-31-12-6-11-28(29)32(24)31)34(23-9-7-17-38-20-23)35(42)39-33-27-10-5-4-8-22(27)19-30(33)41/h4-5,7-10,13-17,20,24,28-34,41H,6,11-12,18-19,21H2,1-3H3,(H,39,42)/t24?,28-,29-,30-,31-,32+,33+,34?/m0/s1. The number of fused-ring (bicyclic) bond motifs is 1. The average molecular weight is 594 g/mol. The van der Waals surface area contributed by atoms with E-state index in [9.17, 15) is 9.90 Å². The zero-order chi connectivity index (χ0) is 30.6. The highest BCUT2D eigenvalue weighted by molar-refractivity contribution is 6.02. The molecule has 0 radical (unpaired) electrons. The van der Waals surface area contributed by atoms with E-state index in [0.29, 0.717) is 29.5 Å². The highest BCUT2D eigenvalue weighted by Crippen LogP contribution is 2.54. The van der Waals surface area contributed by atoms with Crippen molar-refractivity contribution in [2.75, 3.05) is 11.5 Å². The number of nitrogens with one attached hydrogen (secondary N) is 1. The summed E-state index contributed by atoms with van der Waals surface area (Å²) in [7, 11) is 0. The Balaban J connectivity index is 1.30. The van der Waals surface area contributed by atoms with Gasteiger partial charge in [-0.25, -0.2) is 0 Å². The van der Waals surface area contributed by atoms with E-state index in [1.807, 2.05) is 48.5 Å². The third-order valence-electron chi connectivity index (χ3n) is 10.7. The number of nitrogens with zero attached hydrogens (tertiary/aromatic N) is 2. The van der Waals surface area contributed by atoms with Gasteiger partial charge in [-0.05, 0) is 77.3 Å². The normalized spacial score (nSPS) is 29.5. The molecule has 2 amide bonds. The fourth-order valence-corrected chi connectivity index (χ4v) is 8.54. The Kier molecular flexibility index (Phi) is 7.58. The van der Waals surface area contributed by atoms with Crippen molar-refractivity contribution in [1.29, 1.82) is 0 Å². The number of aliphatic hydroxyl groups is 1. The van der Waals surface area contributed by atoms with Crippen LogP contribution in [-0.4, -0.2) is 40.7 Å². The molecule has 230 valence electrons. The second kappa shape index (κ2) is 11.4. The predicted octanol–water partition coefficient (Wildman–Crippen LogP) is 5.68. The molecule has 2 aromatic carbocycles. The van der Waals surface area contributed by atoms with Crippen LogP contribution in [0.4, 0.5) is 5.69 Å². The molecule has 7 rings (SSSR count). The lowest BCUT2D eigenvalue weighted by molar-refractivity contribution is -0.130. The van der Waals surface area contributed by atoms with Crippen LogP contribution in [0.5, 0.6) is 0 Å². The molecule has 7 heteroatoms. The van der Waals surface area contributed by atoms with Crippen LogP contribution in [0.2, 0.25) is 0 Å². The number of aromatic nitrogens is 1. The maximum absolute atomic E-state index is 15.0. The van der Waals surface area contributed by atoms with Crippen molar-refractivity contribution in [3.05, 3.63) is 95.3 Å². The topological polar surface area (TPSA) is 91.8 Å². The number of carbonyl (C=O) groups is 2. The summed E-state index contributed by atoms with van der Waals surface area (Å²) < 4.78 is 6.16. The van der Waals surface area contributed by atoms with Crippen LogP contribution >= 0.6 is 0 Å². The Labute approximate surface area is 260 Å². The SMILES string of the molecule is CC(C)(C)c1ccc(N(C(=O)[C@H]2CC3CO[C@H]4CCC[C@@H]2[C@@H]34)C(C(=O)N[C@@H]2c3ccccc3C[C@@H]2O)c2cccnc2)cc1. The van der Waals surface area contributed by atoms with Gasteiger partial charge in [0, 0.05) is 36.0 Å². The predicted molar refractivity (Wildman–Crippen MR) is 169 cm³/mol.